The van der Waals surface area contributed by atoms with Gasteiger partial charge in [-0.3, -0.25) is 19.8 Å². The molecule has 32 heavy (non-hydrogen) atoms. The maximum absolute atomic E-state index is 12.5. The van der Waals surface area contributed by atoms with Gasteiger partial charge in [0.15, 0.2) is 0 Å². The minimum Gasteiger partial charge on any atom is -0.444 e. The molecule has 0 atom stereocenters. The Kier molecular flexibility index (Phi) is 5.98. The largest absolute Gasteiger partial charge is 0.444 e. The van der Waals surface area contributed by atoms with Crippen molar-refractivity contribution in [3.63, 3.8) is 0 Å². The van der Waals surface area contributed by atoms with Crippen molar-refractivity contribution in [2.24, 2.45) is 0 Å². The number of hydrogen-bond donors (Lipinski definition) is 0. The van der Waals surface area contributed by atoms with Crippen LogP contribution in [0.1, 0.15) is 35.7 Å². The first-order valence-corrected chi connectivity index (χ1v) is 10.7. The van der Waals surface area contributed by atoms with Crippen molar-refractivity contribution >= 4 is 29.1 Å². The van der Waals surface area contributed by atoms with Crippen molar-refractivity contribution in [2.45, 2.75) is 32.4 Å². The molecule has 2 aromatic carbocycles. The first-order valence-electron chi connectivity index (χ1n) is 10.7. The second-order valence-corrected chi connectivity index (χ2v) is 8.05. The molecule has 0 N–H and O–H groups in total. The molecule has 0 bridgehead atoms. The molecule has 9 nitrogen and oxygen atoms in total. The van der Waals surface area contributed by atoms with Gasteiger partial charge < -0.3 is 14.5 Å². The number of nitrogens with zero attached hydrogens (tertiary/aromatic N) is 4. The van der Waals surface area contributed by atoms with Gasteiger partial charge in [0.25, 0.3) is 11.6 Å². The second kappa shape index (κ2) is 8.86. The summed E-state index contributed by atoms with van der Waals surface area (Å²) < 4.78 is 5.34. The molecule has 1 saturated heterocycles. The Morgan fingerprint density at radius 1 is 1.19 bits per heavy atom. The lowest BCUT2D eigenvalue weighted by Gasteiger charge is -2.40. The van der Waals surface area contributed by atoms with Crippen molar-refractivity contribution in [2.75, 3.05) is 36.5 Å². The van der Waals surface area contributed by atoms with Crippen LogP contribution in [-0.4, -0.2) is 54.5 Å². The van der Waals surface area contributed by atoms with Crippen LogP contribution < -0.4 is 9.80 Å². The van der Waals surface area contributed by atoms with E-state index in [9.17, 15) is 19.7 Å². The highest BCUT2D eigenvalue weighted by Crippen LogP contribution is 2.35. The number of carbonyl (C=O) groups is 2. The fourth-order valence-electron chi connectivity index (χ4n) is 4.32. The zero-order valence-corrected chi connectivity index (χ0v) is 18.2. The Bertz CT molecular complexity index is 1050. The number of anilines is 2. The molecule has 0 saturated carbocycles. The number of cyclic esters (lactones) is 1. The Morgan fingerprint density at radius 2 is 1.91 bits per heavy atom. The third kappa shape index (κ3) is 3.98. The Morgan fingerprint density at radius 3 is 2.59 bits per heavy atom. The van der Waals surface area contributed by atoms with Crippen LogP contribution in [0.2, 0.25) is 0 Å². The number of benzene rings is 2. The normalized spacial score (nSPS) is 16.4. The molecular weight excluding hydrogens is 412 g/mol. The van der Waals surface area contributed by atoms with Crippen molar-refractivity contribution in [3.8, 4) is 0 Å². The van der Waals surface area contributed by atoms with Crippen LogP contribution in [0, 0.1) is 10.1 Å². The summed E-state index contributed by atoms with van der Waals surface area (Å²) in [6.45, 7) is 3.75. The van der Waals surface area contributed by atoms with Crippen molar-refractivity contribution in [3.05, 3.63) is 63.7 Å². The van der Waals surface area contributed by atoms with E-state index in [1.807, 2.05) is 36.1 Å². The van der Waals surface area contributed by atoms with E-state index in [0.29, 0.717) is 43.7 Å². The summed E-state index contributed by atoms with van der Waals surface area (Å²) in [4.78, 5) is 41.4. The number of nitro groups is 1. The lowest BCUT2D eigenvalue weighted by molar-refractivity contribution is -0.384. The molecule has 1 fully saturated rings. The lowest BCUT2D eigenvalue weighted by Crippen LogP contribution is -2.49. The number of ether oxygens (including phenoxy) is 1. The van der Waals surface area contributed by atoms with Gasteiger partial charge in [-0.2, -0.15) is 0 Å². The fourth-order valence-corrected chi connectivity index (χ4v) is 4.32. The van der Waals surface area contributed by atoms with Crippen LogP contribution in [-0.2, 0) is 11.3 Å². The summed E-state index contributed by atoms with van der Waals surface area (Å²) in [7, 11) is 1.66. The van der Waals surface area contributed by atoms with Crippen LogP contribution in [0.5, 0.6) is 0 Å². The lowest BCUT2D eigenvalue weighted by atomic mass is 9.99. The number of rotatable bonds is 5. The maximum atomic E-state index is 12.5. The highest BCUT2D eigenvalue weighted by molar-refractivity contribution is 5.95. The van der Waals surface area contributed by atoms with Gasteiger partial charge in [0, 0.05) is 49.9 Å². The fraction of sp³-hybridized carbons (Fsp3) is 0.391. The van der Waals surface area contributed by atoms with E-state index in [4.69, 9.17) is 4.74 Å². The van der Waals surface area contributed by atoms with Gasteiger partial charge in [0.05, 0.1) is 10.6 Å². The monoisotopic (exact) mass is 438 g/mol. The first kappa shape index (κ1) is 21.6. The van der Waals surface area contributed by atoms with Gasteiger partial charge in [-0.05, 0) is 38.0 Å². The molecule has 0 unspecified atom stereocenters. The smallest absolute Gasteiger partial charge is 0.414 e. The van der Waals surface area contributed by atoms with Gasteiger partial charge in [0.1, 0.15) is 12.3 Å². The molecule has 2 aliphatic rings. The van der Waals surface area contributed by atoms with E-state index >= 15 is 0 Å². The molecular formula is C23H26N4O5. The summed E-state index contributed by atoms with van der Waals surface area (Å²) in [6, 6.07) is 12.3. The number of para-hydroxylation sites is 1. The number of carbonyl (C=O) groups excluding carboxylic acids is 2. The summed E-state index contributed by atoms with van der Waals surface area (Å²) >= 11 is 0. The van der Waals surface area contributed by atoms with E-state index in [1.165, 1.54) is 11.0 Å². The molecule has 0 radical (unpaired) electrons. The maximum Gasteiger partial charge on any atom is 0.414 e. The number of nitro benzene ring substituents is 1. The number of amides is 2. The van der Waals surface area contributed by atoms with Crippen LogP contribution in [0.3, 0.4) is 0 Å². The van der Waals surface area contributed by atoms with E-state index in [2.05, 4.69) is 0 Å². The second-order valence-electron chi connectivity index (χ2n) is 8.05. The van der Waals surface area contributed by atoms with E-state index in [-0.39, 0.29) is 30.3 Å². The van der Waals surface area contributed by atoms with Crippen LogP contribution in [0.25, 0.3) is 0 Å². The molecule has 2 amide bonds. The first-order chi connectivity index (χ1) is 15.4. The van der Waals surface area contributed by atoms with Crippen molar-refractivity contribution < 1.29 is 19.2 Å². The Balaban J connectivity index is 1.53. The molecule has 4 rings (SSSR count). The topological polar surface area (TPSA) is 96.2 Å². The number of hydrogen-bond acceptors (Lipinski definition) is 6. The molecule has 168 valence electrons. The van der Waals surface area contributed by atoms with Gasteiger partial charge >= 0.3 is 6.09 Å². The van der Waals surface area contributed by atoms with Gasteiger partial charge in [-0.15, -0.1) is 0 Å². The van der Waals surface area contributed by atoms with Gasteiger partial charge in [-0.1, -0.05) is 18.2 Å². The number of piperidine rings is 1. The van der Waals surface area contributed by atoms with Crippen LogP contribution >= 0.6 is 0 Å². The zero-order chi connectivity index (χ0) is 22.8. The van der Waals surface area contributed by atoms with E-state index in [0.717, 1.165) is 11.3 Å². The molecule has 0 aliphatic carbocycles. The van der Waals surface area contributed by atoms with Crippen LogP contribution in [0.15, 0.2) is 42.5 Å². The SMILES string of the molecule is CCN(C)C(=O)c1ccc(N2CCC(N3C(=O)OCc4ccccc43)CC2)c([N+](=O)[O-])c1. The van der Waals surface area contributed by atoms with Gasteiger partial charge in [0.2, 0.25) is 0 Å². The molecule has 2 heterocycles. The summed E-state index contributed by atoms with van der Waals surface area (Å²) in [5, 5.41) is 11.8. The predicted molar refractivity (Wildman–Crippen MR) is 120 cm³/mol. The molecule has 0 spiro atoms. The Hall–Kier alpha value is -3.62. The standard InChI is InChI=1S/C23H26N4O5/c1-3-24(2)22(28)16-8-9-20(21(14-16)27(30)31)25-12-10-18(11-13-25)26-19-7-5-4-6-17(19)15-32-23(26)29/h4-9,14,18H,3,10-13,15H2,1-2H3. The average Bonchev–Trinajstić information content (AvgIpc) is 2.82. The average molecular weight is 438 g/mol. The van der Waals surface area contributed by atoms with Crippen LogP contribution in [0.4, 0.5) is 21.9 Å². The minimum atomic E-state index is -0.442. The molecule has 2 aliphatic heterocycles. The third-order valence-electron chi connectivity index (χ3n) is 6.21. The zero-order valence-electron chi connectivity index (χ0n) is 18.2. The molecule has 0 aromatic heterocycles. The number of fused-ring (bicyclic) bond motifs is 1. The summed E-state index contributed by atoms with van der Waals surface area (Å²) in [5.41, 5.74) is 2.55. The molecule has 9 heteroatoms. The predicted octanol–water partition coefficient (Wildman–Crippen LogP) is 3.81. The highest BCUT2D eigenvalue weighted by atomic mass is 16.6. The van der Waals surface area contributed by atoms with E-state index in [1.54, 1.807) is 24.1 Å². The highest BCUT2D eigenvalue weighted by Gasteiger charge is 2.35. The summed E-state index contributed by atoms with van der Waals surface area (Å²) in [5.74, 6) is -0.247. The van der Waals surface area contributed by atoms with Crippen molar-refractivity contribution in [1.82, 2.24) is 4.90 Å². The summed E-state index contributed by atoms with van der Waals surface area (Å²) in [6.07, 6.45) is 0.954. The Labute approximate surface area is 186 Å². The van der Waals surface area contributed by atoms with Crippen molar-refractivity contribution in [1.29, 1.82) is 0 Å². The minimum absolute atomic E-state index is 0.0432. The third-order valence-corrected chi connectivity index (χ3v) is 6.21. The quantitative estimate of drug-likeness (QED) is 0.520. The van der Waals surface area contributed by atoms with Gasteiger partial charge in [-0.25, -0.2) is 4.79 Å². The van der Waals surface area contributed by atoms with E-state index < -0.39 is 4.92 Å². The molecule has 2 aromatic rings.